The standard InChI is InChI=1S/C11H22F3N3O2S/c1-4-15-10(16-7-6-11(12,13)14)17-9(2)5-8-20(3,18)19/h9H,4-8H2,1-3H3,(H2,15,16,17). The first kappa shape index (κ1) is 19.0. The molecule has 9 heteroatoms. The minimum Gasteiger partial charge on any atom is -0.357 e. The number of guanidine groups is 1. The Morgan fingerprint density at radius 2 is 1.95 bits per heavy atom. The van der Waals surface area contributed by atoms with Crippen molar-refractivity contribution >= 4 is 15.8 Å². The Bertz CT molecular complexity index is 408. The zero-order valence-electron chi connectivity index (χ0n) is 11.9. The van der Waals surface area contributed by atoms with Gasteiger partial charge in [0.15, 0.2) is 5.96 Å². The van der Waals surface area contributed by atoms with Crippen LogP contribution in [-0.4, -0.2) is 51.7 Å². The van der Waals surface area contributed by atoms with Crippen molar-refractivity contribution in [2.45, 2.75) is 38.9 Å². The second-order valence-corrected chi connectivity index (χ2v) is 6.85. The summed E-state index contributed by atoms with van der Waals surface area (Å²) in [6.07, 6.45) is -3.71. The SMILES string of the molecule is CCNC(=NCCC(F)(F)F)NC(C)CCS(C)(=O)=O. The molecule has 1 atom stereocenters. The van der Waals surface area contributed by atoms with Crippen molar-refractivity contribution in [1.29, 1.82) is 0 Å². The minimum atomic E-state index is -4.23. The molecule has 20 heavy (non-hydrogen) atoms. The molecule has 0 bridgehead atoms. The quantitative estimate of drug-likeness (QED) is 0.549. The van der Waals surface area contributed by atoms with Crippen LogP contribution >= 0.6 is 0 Å². The molecular formula is C11H22F3N3O2S. The summed E-state index contributed by atoms with van der Waals surface area (Å²) in [6.45, 7) is 3.69. The lowest BCUT2D eigenvalue weighted by Gasteiger charge is -2.17. The largest absolute Gasteiger partial charge is 0.390 e. The molecule has 0 aliphatic carbocycles. The highest BCUT2D eigenvalue weighted by Crippen LogP contribution is 2.18. The summed E-state index contributed by atoms with van der Waals surface area (Å²) in [5.74, 6) is 0.279. The van der Waals surface area contributed by atoms with E-state index in [2.05, 4.69) is 15.6 Å². The Labute approximate surface area is 118 Å². The first-order valence-corrected chi connectivity index (χ1v) is 8.39. The normalized spacial score (nSPS) is 15.0. The Morgan fingerprint density at radius 1 is 1.35 bits per heavy atom. The van der Waals surface area contributed by atoms with Gasteiger partial charge >= 0.3 is 6.18 Å². The molecule has 5 nitrogen and oxygen atoms in total. The zero-order valence-corrected chi connectivity index (χ0v) is 12.7. The van der Waals surface area contributed by atoms with Crippen LogP contribution in [0.15, 0.2) is 4.99 Å². The second-order valence-electron chi connectivity index (χ2n) is 4.59. The number of aliphatic imine (C=N–C) groups is 1. The van der Waals surface area contributed by atoms with E-state index in [4.69, 9.17) is 0 Å². The fraction of sp³-hybridized carbons (Fsp3) is 0.909. The Kier molecular flexibility index (Phi) is 7.92. The van der Waals surface area contributed by atoms with Gasteiger partial charge in [-0.25, -0.2) is 8.42 Å². The predicted molar refractivity (Wildman–Crippen MR) is 73.6 cm³/mol. The molecule has 1 unspecified atom stereocenters. The van der Waals surface area contributed by atoms with E-state index in [9.17, 15) is 21.6 Å². The molecule has 0 aliphatic rings. The third-order valence-electron chi connectivity index (χ3n) is 2.31. The van der Waals surface area contributed by atoms with Crippen molar-refractivity contribution in [3.05, 3.63) is 0 Å². The van der Waals surface area contributed by atoms with E-state index in [0.717, 1.165) is 6.26 Å². The van der Waals surface area contributed by atoms with Gasteiger partial charge in [-0.15, -0.1) is 0 Å². The fourth-order valence-electron chi connectivity index (χ4n) is 1.31. The van der Waals surface area contributed by atoms with Crippen molar-refractivity contribution in [3.63, 3.8) is 0 Å². The van der Waals surface area contributed by atoms with Gasteiger partial charge in [0.05, 0.1) is 18.7 Å². The molecule has 0 spiro atoms. The minimum absolute atomic E-state index is 0.0170. The monoisotopic (exact) mass is 317 g/mol. The lowest BCUT2D eigenvalue weighted by atomic mass is 10.3. The number of nitrogens with zero attached hydrogens (tertiary/aromatic N) is 1. The van der Waals surface area contributed by atoms with Crippen molar-refractivity contribution in [2.24, 2.45) is 4.99 Å². The van der Waals surface area contributed by atoms with Crippen LogP contribution < -0.4 is 10.6 Å². The summed E-state index contributed by atoms with van der Waals surface area (Å²) in [6, 6.07) is -0.201. The third-order valence-corrected chi connectivity index (χ3v) is 3.29. The van der Waals surface area contributed by atoms with E-state index < -0.39 is 22.4 Å². The first-order valence-electron chi connectivity index (χ1n) is 6.33. The highest BCUT2D eigenvalue weighted by molar-refractivity contribution is 7.90. The molecule has 0 aromatic heterocycles. The number of sulfone groups is 1. The first-order chi connectivity index (χ1) is 9.03. The van der Waals surface area contributed by atoms with Gasteiger partial charge in [0, 0.05) is 18.8 Å². The van der Waals surface area contributed by atoms with Crippen molar-refractivity contribution in [2.75, 3.05) is 25.1 Å². The van der Waals surface area contributed by atoms with E-state index in [-0.39, 0.29) is 24.3 Å². The summed E-state index contributed by atoms with van der Waals surface area (Å²) >= 11 is 0. The van der Waals surface area contributed by atoms with Crippen LogP contribution in [0.2, 0.25) is 0 Å². The highest BCUT2D eigenvalue weighted by Gasteiger charge is 2.26. The number of rotatable bonds is 7. The van der Waals surface area contributed by atoms with Crippen LogP contribution in [0.25, 0.3) is 0 Å². The summed E-state index contributed by atoms with van der Waals surface area (Å²) in [5, 5.41) is 5.70. The number of hydrogen-bond donors (Lipinski definition) is 2. The van der Waals surface area contributed by atoms with Crippen LogP contribution in [0, 0.1) is 0 Å². The molecule has 0 saturated carbocycles. The molecule has 0 fully saturated rings. The highest BCUT2D eigenvalue weighted by atomic mass is 32.2. The van der Waals surface area contributed by atoms with E-state index in [0.29, 0.717) is 13.0 Å². The average molecular weight is 317 g/mol. The maximum absolute atomic E-state index is 12.0. The van der Waals surface area contributed by atoms with Gasteiger partial charge in [-0.3, -0.25) is 4.99 Å². The molecule has 120 valence electrons. The van der Waals surface area contributed by atoms with Gasteiger partial charge in [-0.05, 0) is 20.3 Å². The molecule has 2 N–H and O–H groups in total. The number of hydrogen-bond acceptors (Lipinski definition) is 3. The van der Waals surface area contributed by atoms with Gasteiger partial charge in [0.1, 0.15) is 9.84 Å². The number of nitrogens with one attached hydrogen (secondary N) is 2. The zero-order chi connectivity index (χ0) is 15.8. The average Bonchev–Trinajstić information content (AvgIpc) is 2.24. The van der Waals surface area contributed by atoms with E-state index >= 15 is 0 Å². The molecule has 0 aliphatic heterocycles. The second kappa shape index (κ2) is 8.33. The Hall–Kier alpha value is -0.990. The topological polar surface area (TPSA) is 70.6 Å². The lowest BCUT2D eigenvalue weighted by molar-refractivity contribution is -0.132. The van der Waals surface area contributed by atoms with E-state index in [1.807, 2.05) is 0 Å². The van der Waals surface area contributed by atoms with Crippen molar-refractivity contribution < 1.29 is 21.6 Å². The molecule has 0 aromatic rings. The number of halogens is 3. The summed E-state index contributed by atoms with van der Waals surface area (Å²) in [5.41, 5.74) is 0. The van der Waals surface area contributed by atoms with E-state index in [1.54, 1.807) is 13.8 Å². The summed E-state index contributed by atoms with van der Waals surface area (Å²) in [4.78, 5) is 3.81. The van der Waals surface area contributed by atoms with Gasteiger partial charge < -0.3 is 10.6 Å². The smallest absolute Gasteiger partial charge is 0.357 e. The van der Waals surface area contributed by atoms with Crippen LogP contribution in [0.3, 0.4) is 0 Å². The van der Waals surface area contributed by atoms with Gasteiger partial charge in [-0.1, -0.05) is 0 Å². The summed E-state index contributed by atoms with van der Waals surface area (Å²) < 4.78 is 58.2. The third kappa shape index (κ3) is 12.1. The van der Waals surface area contributed by atoms with Gasteiger partial charge in [0.25, 0.3) is 0 Å². The van der Waals surface area contributed by atoms with Crippen LogP contribution in [0.5, 0.6) is 0 Å². The number of alkyl halides is 3. The lowest BCUT2D eigenvalue weighted by Crippen LogP contribution is -2.43. The van der Waals surface area contributed by atoms with Crippen LogP contribution in [0.4, 0.5) is 13.2 Å². The molecule has 0 heterocycles. The molecule has 0 aromatic carbocycles. The maximum Gasteiger partial charge on any atom is 0.390 e. The molecule has 0 saturated heterocycles. The van der Waals surface area contributed by atoms with Crippen molar-refractivity contribution in [1.82, 2.24) is 10.6 Å². The Morgan fingerprint density at radius 3 is 2.40 bits per heavy atom. The van der Waals surface area contributed by atoms with E-state index in [1.165, 1.54) is 0 Å². The maximum atomic E-state index is 12.0. The molecule has 0 radical (unpaired) electrons. The van der Waals surface area contributed by atoms with Gasteiger partial charge in [0.2, 0.25) is 0 Å². The predicted octanol–water partition coefficient (Wildman–Crippen LogP) is 1.32. The molecular weight excluding hydrogens is 295 g/mol. The fourth-order valence-corrected chi connectivity index (χ4v) is 2.09. The Balaban J connectivity index is 4.34. The molecule has 0 rings (SSSR count). The summed E-state index contributed by atoms with van der Waals surface area (Å²) in [7, 11) is -3.05. The van der Waals surface area contributed by atoms with Crippen LogP contribution in [-0.2, 0) is 9.84 Å². The molecule has 0 amide bonds. The van der Waals surface area contributed by atoms with Gasteiger partial charge in [-0.2, -0.15) is 13.2 Å². The van der Waals surface area contributed by atoms with Crippen LogP contribution in [0.1, 0.15) is 26.7 Å². The van der Waals surface area contributed by atoms with Crippen molar-refractivity contribution in [3.8, 4) is 0 Å².